The Morgan fingerprint density at radius 2 is 0.865 bits per heavy atom. The molecule has 141 heavy (non-hydrogen) atoms. The van der Waals surface area contributed by atoms with E-state index in [0.717, 1.165) is 98.2 Å². The van der Waals surface area contributed by atoms with Crippen LogP contribution in [0, 0.1) is 41.3 Å². The van der Waals surface area contributed by atoms with Crippen LogP contribution in [0.25, 0.3) is 0 Å². The molecule has 16 rings (SSSR count). The molecule has 6 aromatic carbocycles. The normalized spacial score (nSPS) is 19.1. The topological polar surface area (TPSA) is 444 Å². The summed E-state index contributed by atoms with van der Waals surface area (Å²) in [4.78, 5) is 66.3. The number of carbonyl (C=O) groups excluding carboxylic acids is 2. The van der Waals surface area contributed by atoms with Crippen LogP contribution in [-0.4, -0.2) is 227 Å². The molecule has 10 aromatic rings. The van der Waals surface area contributed by atoms with Gasteiger partial charge in [-0.3, -0.25) is 14.5 Å². The van der Waals surface area contributed by atoms with E-state index in [9.17, 15) is 40.7 Å². The lowest BCUT2D eigenvalue weighted by Crippen LogP contribution is -2.52. The number of hydrogen-bond acceptors (Lipinski definition) is 32. The third-order valence-electron chi connectivity index (χ3n) is 26.2. The summed E-state index contributed by atoms with van der Waals surface area (Å²) in [5.41, 5.74) is 15.9. The number of methoxy groups -OCH3 is 5. The molecule has 4 aliphatic carbocycles. The number of hydrogen-bond donors (Lipinski definition) is 10. The molecule has 43 heteroatoms. The Morgan fingerprint density at radius 3 is 1.33 bits per heavy atom. The van der Waals surface area contributed by atoms with Gasteiger partial charge in [0.2, 0.25) is 35.6 Å². The van der Waals surface area contributed by atoms with Crippen molar-refractivity contribution < 1.29 is 64.3 Å². The van der Waals surface area contributed by atoms with E-state index in [1.54, 1.807) is 161 Å². The lowest BCUT2D eigenvalue weighted by molar-refractivity contribution is -0.124. The maximum Gasteiger partial charge on any atom is 0.229 e. The van der Waals surface area contributed by atoms with E-state index in [-0.39, 0.29) is 69.9 Å². The number of ether oxygens (including phenoxy) is 5. The SMILES string of the molecule is CCCP(=O)(CCC)c1ccc(Nc2nc(Nc3ccc(N4CCC(N5CCN(C)CC5)CC4)cc3OC)ncc2Cl)c(OC)c1.COc1cc(P(C)(C)=O)ccc1Nc1ncc(Cl)c(NC2C3C=CC(C3)C2C(N)=O)n1.COc1cc(P(C)(C)=O)ccc1Nc1ncc(Cl)c(NC2C3CCC(C3)C2C(N)=O)n1.COc1cc(P(C)(C)=O)ccc1Nc1ncc(F)c(Nc2ccccc2S(=O)(=O)C(C)C)n1. The number of anilines is 15. The highest BCUT2D eigenvalue weighted by Gasteiger charge is 2.51. The van der Waals surface area contributed by atoms with Crippen molar-refractivity contribution in [2.24, 2.45) is 47.0 Å². The number of para-hydroxylation sites is 1. The molecule has 2 amide bonds. The molecule has 8 atom stereocenters. The highest BCUT2D eigenvalue weighted by atomic mass is 35.5. The predicted octanol–water partition coefficient (Wildman–Crippen LogP) is 17.9. The Hall–Kier alpha value is -10.9. The molecule has 12 N–H and O–H groups in total. The number of carbonyl (C=O) groups is 2. The van der Waals surface area contributed by atoms with Crippen LogP contribution in [0.15, 0.2) is 157 Å². The van der Waals surface area contributed by atoms with Crippen molar-refractivity contribution in [2.45, 2.75) is 107 Å². The van der Waals surface area contributed by atoms with Crippen LogP contribution < -0.4 is 104 Å². The number of benzene rings is 6. The van der Waals surface area contributed by atoms with Gasteiger partial charge in [-0.2, -0.15) is 19.9 Å². The van der Waals surface area contributed by atoms with Crippen molar-refractivity contribution in [3.05, 3.63) is 173 Å². The number of nitrogens with one attached hydrogen (secondary N) is 8. The number of allylic oxidation sites excluding steroid dienone is 1. The first-order valence-corrected chi connectivity index (χ1v) is 59.3. The first-order chi connectivity index (χ1) is 67.0. The molecular formula is C98H127Cl3FN21O13P4S. The number of primary amides is 2. The summed E-state index contributed by atoms with van der Waals surface area (Å²) < 4.78 is 118. The number of amides is 2. The largest absolute Gasteiger partial charge is 0.495 e. The maximum absolute atomic E-state index is 14.5. The minimum absolute atomic E-state index is 0.0494. The lowest BCUT2D eigenvalue weighted by Gasteiger charge is -2.42. The Labute approximate surface area is 839 Å². The van der Waals surface area contributed by atoms with Crippen LogP contribution in [0.1, 0.15) is 79.1 Å². The van der Waals surface area contributed by atoms with Crippen molar-refractivity contribution in [3.8, 4) is 28.7 Å². The molecule has 34 nitrogen and oxygen atoms in total. The predicted molar refractivity (Wildman–Crippen MR) is 567 cm³/mol. The zero-order valence-electron chi connectivity index (χ0n) is 82.1. The molecule has 756 valence electrons. The number of nitrogens with two attached hydrogens (primary N) is 2. The minimum atomic E-state index is -3.61. The molecule has 6 heterocycles. The van der Waals surface area contributed by atoms with Crippen LogP contribution in [0.4, 0.5) is 91.3 Å². The highest BCUT2D eigenvalue weighted by Crippen LogP contribution is 2.52. The van der Waals surface area contributed by atoms with Crippen molar-refractivity contribution >= 4 is 193 Å². The van der Waals surface area contributed by atoms with Gasteiger partial charge in [-0.1, -0.05) is 72.9 Å². The number of nitrogens with zero attached hydrogens (tertiary/aromatic N) is 11. The second kappa shape index (κ2) is 46.7. The van der Waals surface area contributed by atoms with Gasteiger partial charge in [0.05, 0.1) is 116 Å². The highest BCUT2D eigenvalue weighted by molar-refractivity contribution is 7.92. The third-order valence-corrected chi connectivity index (χ3v) is 37.4. The fourth-order valence-corrected chi connectivity index (χ4v) is 25.8. The second-order valence-electron chi connectivity index (χ2n) is 37.2. The molecule has 4 bridgehead atoms. The summed E-state index contributed by atoms with van der Waals surface area (Å²) in [5, 5.41) is 28.6. The molecule has 0 radical (unpaired) electrons. The molecule has 2 saturated heterocycles. The minimum Gasteiger partial charge on any atom is -0.495 e. The smallest absolute Gasteiger partial charge is 0.229 e. The first kappa shape index (κ1) is 107. The van der Waals surface area contributed by atoms with Gasteiger partial charge in [0, 0.05) is 103 Å². The van der Waals surface area contributed by atoms with Gasteiger partial charge in [0.25, 0.3) is 0 Å². The zero-order chi connectivity index (χ0) is 102. The molecular weight excluding hydrogens is 1960 g/mol. The molecule has 3 saturated carbocycles. The Morgan fingerprint density at radius 1 is 0.468 bits per heavy atom. The molecule has 0 spiro atoms. The Bertz CT molecular complexity index is 6520. The summed E-state index contributed by atoms with van der Waals surface area (Å²) in [5.74, 6) is 4.17. The number of halogens is 4. The fraction of sp³-hybridized carbons (Fsp3) is 0.429. The van der Waals surface area contributed by atoms with Crippen molar-refractivity contribution in [1.82, 2.24) is 49.7 Å². The van der Waals surface area contributed by atoms with Crippen LogP contribution >= 0.6 is 63.4 Å². The third kappa shape index (κ3) is 26.4. The van der Waals surface area contributed by atoms with Crippen LogP contribution in [0.5, 0.6) is 28.7 Å². The number of piperazine rings is 1. The van der Waals surface area contributed by atoms with Crippen LogP contribution in [0.2, 0.25) is 15.1 Å². The summed E-state index contributed by atoms with van der Waals surface area (Å²) in [6.45, 7) is 24.2. The monoisotopic (exact) mass is 2090 g/mol. The van der Waals surface area contributed by atoms with Gasteiger partial charge < -0.3 is 106 Å². The van der Waals surface area contributed by atoms with E-state index in [4.69, 9.17) is 70.0 Å². The molecule has 5 fully saturated rings. The number of piperidine rings is 1. The van der Waals surface area contributed by atoms with Crippen LogP contribution in [0.3, 0.4) is 0 Å². The Kier molecular flexibility index (Phi) is 35.5. The van der Waals surface area contributed by atoms with Crippen LogP contribution in [-0.2, 0) is 37.7 Å². The van der Waals surface area contributed by atoms with Crippen molar-refractivity contribution in [2.75, 3.05) is 182 Å². The fourth-order valence-electron chi connectivity index (χ4n) is 18.7. The number of aromatic nitrogens is 8. The standard InChI is InChI=1S/C34H49ClN7O3P.C22H26FN4O4PS.C21H27ClN5O3P.C21H25ClN5O3P/c1-6-20-46(43,21-7-2)27-9-11-29(32(23-27)45-5)37-33-28(35)24-36-34(39-33)38-30-10-8-26(22-31(30)44-4)41-14-12-25(13-15-41)42-18-16-40(3)17-19-42;1-14(2)33(29,30)20-9-7-6-8-18(20)25-21-16(23)13-24-22(27-21)26-17-11-10-15(32(4,5)28)12-19(17)31-3;2*1-30-16-9-13(31(2,3)29)6-7-15(16)25-21-24-10-14(22)20(27-21)26-18-12-5-4-11(8-12)17(18)19(23)28/h8-11,22-25H,6-7,12-21H2,1-5H3,(H2,36,37,38,39);6-14H,1-5H3,(H2,24,25,26,27);6-7,9-12,17-18H,4-5,8H2,1-3H3,(H2,23,28)(H2,24,25,26,27);4-7,9-12,17-18H,8H2,1-3H3,(H2,23,28)(H2,24,25,26,27). The van der Waals surface area contributed by atoms with Gasteiger partial charge in [0.15, 0.2) is 38.9 Å². The number of fused-ring (bicyclic) bond motifs is 4. The summed E-state index contributed by atoms with van der Waals surface area (Å²) in [6, 6.07) is 34.3. The first-order valence-electron chi connectivity index (χ1n) is 46.7. The van der Waals surface area contributed by atoms with E-state index in [2.05, 4.69) is 142 Å². The molecule has 8 unspecified atom stereocenters. The molecule has 6 aliphatic rings. The van der Waals surface area contributed by atoms with Gasteiger partial charge in [0.1, 0.15) is 72.4 Å². The maximum atomic E-state index is 14.5. The van der Waals surface area contributed by atoms with Gasteiger partial charge in [-0.15, -0.1) is 0 Å². The summed E-state index contributed by atoms with van der Waals surface area (Å²) in [6.07, 6.45) is 19.2. The van der Waals surface area contributed by atoms with Crippen molar-refractivity contribution in [1.29, 1.82) is 0 Å². The number of sulfone groups is 1. The lowest BCUT2D eigenvalue weighted by atomic mass is 9.84. The summed E-state index contributed by atoms with van der Waals surface area (Å²) >= 11 is 19.2. The quantitative estimate of drug-likeness (QED) is 0.0130. The molecule has 4 aromatic heterocycles. The zero-order valence-corrected chi connectivity index (χ0v) is 88.8. The van der Waals surface area contributed by atoms with Gasteiger partial charge in [-0.05, 0) is 233 Å². The van der Waals surface area contributed by atoms with E-state index >= 15 is 0 Å². The van der Waals surface area contributed by atoms with Gasteiger partial charge in [-0.25, -0.2) is 32.7 Å². The summed E-state index contributed by atoms with van der Waals surface area (Å²) in [7, 11) is -3.36. The average molecular weight is 2090 g/mol. The van der Waals surface area contributed by atoms with E-state index < -0.39 is 49.5 Å². The van der Waals surface area contributed by atoms with E-state index in [1.807, 2.05) is 24.3 Å². The Balaban J connectivity index is 0.000000160. The second-order valence-corrected chi connectivity index (χ2v) is 53.8. The average Bonchev–Trinajstić information content (AvgIpc) is 1.62. The number of likely N-dealkylation sites (N-methyl/N-ethyl adjacent to an activating group) is 1. The number of rotatable bonds is 35. The van der Waals surface area contributed by atoms with Crippen molar-refractivity contribution in [3.63, 3.8) is 0 Å². The van der Waals surface area contributed by atoms with E-state index in [0.29, 0.717) is 137 Å². The van der Waals surface area contributed by atoms with E-state index in [1.165, 1.54) is 51.5 Å². The molecule has 2 aliphatic heterocycles. The van der Waals surface area contributed by atoms with Gasteiger partial charge >= 0.3 is 0 Å².